The zero-order valence-corrected chi connectivity index (χ0v) is 13.5. The van der Waals surface area contributed by atoms with Crippen LogP contribution in [0.25, 0.3) is 0 Å². The average molecular weight is 314 g/mol. The highest BCUT2D eigenvalue weighted by Gasteiger charge is 2.06. The molecule has 0 amide bonds. The third-order valence-corrected chi connectivity index (χ3v) is 3.34. The van der Waals surface area contributed by atoms with Crippen molar-refractivity contribution in [3.05, 3.63) is 72.3 Å². The number of rotatable bonds is 9. The van der Waals surface area contributed by atoms with E-state index < -0.39 is 6.29 Å². The summed E-state index contributed by atoms with van der Waals surface area (Å²) in [5.74, 6) is 1.65. The van der Waals surface area contributed by atoms with Crippen molar-refractivity contribution in [2.75, 3.05) is 14.2 Å². The summed E-state index contributed by atoms with van der Waals surface area (Å²) in [5, 5.41) is 0. The molecule has 122 valence electrons. The van der Waals surface area contributed by atoms with Crippen molar-refractivity contribution in [1.29, 1.82) is 0 Å². The van der Waals surface area contributed by atoms with Gasteiger partial charge in [-0.15, -0.1) is 0 Å². The van der Waals surface area contributed by atoms with Gasteiger partial charge in [-0.25, -0.2) is 0 Å². The van der Waals surface area contributed by atoms with Crippen molar-refractivity contribution in [2.24, 2.45) is 0 Å². The molecule has 2 aromatic carbocycles. The van der Waals surface area contributed by atoms with Gasteiger partial charge in [0.05, 0.1) is 27.4 Å². The Hall–Kier alpha value is -2.30. The Bertz CT molecular complexity index is 538. The molecule has 0 unspecified atom stereocenters. The minimum atomic E-state index is -0.459. The smallest absolute Gasteiger partial charge is 0.177 e. The lowest BCUT2D eigenvalue weighted by atomic mass is 10.2. The molecular formula is C19H22O4. The van der Waals surface area contributed by atoms with Crippen molar-refractivity contribution in [3.8, 4) is 11.5 Å². The second-order valence-corrected chi connectivity index (χ2v) is 4.92. The minimum Gasteiger partial charge on any atom is -0.497 e. The SMILES string of the molecule is C=CC(OCc1ccc(OC)cc1)OCc1ccc(OC)cc1. The van der Waals surface area contributed by atoms with Gasteiger partial charge in [0.2, 0.25) is 0 Å². The molecule has 0 heterocycles. The van der Waals surface area contributed by atoms with E-state index in [1.807, 2.05) is 48.5 Å². The highest BCUT2D eigenvalue weighted by atomic mass is 16.7. The van der Waals surface area contributed by atoms with Crippen LogP contribution < -0.4 is 9.47 Å². The zero-order chi connectivity index (χ0) is 16.5. The summed E-state index contributed by atoms with van der Waals surface area (Å²) >= 11 is 0. The molecule has 0 aliphatic carbocycles. The van der Waals surface area contributed by atoms with E-state index in [0.29, 0.717) is 13.2 Å². The number of benzene rings is 2. The van der Waals surface area contributed by atoms with Gasteiger partial charge < -0.3 is 18.9 Å². The third-order valence-electron chi connectivity index (χ3n) is 3.34. The third kappa shape index (κ3) is 5.43. The van der Waals surface area contributed by atoms with Crippen molar-refractivity contribution in [2.45, 2.75) is 19.5 Å². The standard InChI is InChI=1S/C19H22O4/c1-4-19(22-13-15-5-9-17(20-2)10-6-15)23-14-16-7-11-18(21-3)12-8-16/h4-12,19H,1,13-14H2,2-3H3. The molecule has 4 nitrogen and oxygen atoms in total. The van der Waals surface area contributed by atoms with Crippen LogP contribution in [0.5, 0.6) is 11.5 Å². The summed E-state index contributed by atoms with van der Waals surface area (Å²) in [6, 6.07) is 15.5. The monoisotopic (exact) mass is 314 g/mol. The Morgan fingerprint density at radius 3 is 1.48 bits per heavy atom. The molecule has 0 atom stereocenters. The molecular weight excluding hydrogens is 292 g/mol. The van der Waals surface area contributed by atoms with Gasteiger partial charge in [-0.1, -0.05) is 30.8 Å². The first-order valence-electron chi connectivity index (χ1n) is 7.36. The summed E-state index contributed by atoms with van der Waals surface area (Å²) in [4.78, 5) is 0. The fourth-order valence-corrected chi connectivity index (χ4v) is 1.98. The maximum absolute atomic E-state index is 5.71. The molecule has 0 bridgehead atoms. The molecule has 4 heteroatoms. The van der Waals surface area contributed by atoms with Crippen molar-refractivity contribution >= 4 is 0 Å². The molecule has 0 aliphatic heterocycles. The molecule has 0 saturated carbocycles. The molecule has 0 saturated heterocycles. The normalized spacial score (nSPS) is 10.6. The predicted octanol–water partition coefficient (Wildman–Crippen LogP) is 3.95. The summed E-state index contributed by atoms with van der Waals surface area (Å²) in [6.07, 6.45) is 1.19. The lowest BCUT2D eigenvalue weighted by Gasteiger charge is -2.15. The molecule has 0 N–H and O–H groups in total. The summed E-state index contributed by atoms with van der Waals surface area (Å²) in [7, 11) is 3.29. The Morgan fingerprint density at radius 1 is 0.783 bits per heavy atom. The summed E-state index contributed by atoms with van der Waals surface area (Å²) < 4.78 is 21.7. The summed E-state index contributed by atoms with van der Waals surface area (Å²) in [5.41, 5.74) is 2.09. The van der Waals surface area contributed by atoms with Gasteiger partial charge in [-0.05, 0) is 41.5 Å². The Kier molecular flexibility index (Phi) is 6.66. The van der Waals surface area contributed by atoms with Crippen LogP contribution in [0.15, 0.2) is 61.2 Å². The number of hydrogen-bond donors (Lipinski definition) is 0. The highest BCUT2D eigenvalue weighted by Crippen LogP contribution is 2.15. The van der Waals surface area contributed by atoms with Gasteiger partial charge in [-0.2, -0.15) is 0 Å². The van der Waals surface area contributed by atoms with Crippen LogP contribution in [0.1, 0.15) is 11.1 Å². The van der Waals surface area contributed by atoms with E-state index in [1.54, 1.807) is 20.3 Å². The maximum atomic E-state index is 5.71. The highest BCUT2D eigenvalue weighted by molar-refractivity contribution is 5.27. The quantitative estimate of drug-likeness (QED) is 0.519. The van der Waals surface area contributed by atoms with E-state index in [9.17, 15) is 0 Å². The topological polar surface area (TPSA) is 36.9 Å². The van der Waals surface area contributed by atoms with E-state index in [-0.39, 0.29) is 0 Å². The first-order valence-corrected chi connectivity index (χ1v) is 7.36. The van der Waals surface area contributed by atoms with Gasteiger partial charge in [0.1, 0.15) is 11.5 Å². The number of ether oxygens (including phenoxy) is 4. The van der Waals surface area contributed by atoms with Crippen LogP contribution in [0.2, 0.25) is 0 Å². The van der Waals surface area contributed by atoms with Crippen LogP contribution in [0.4, 0.5) is 0 Å². The largest absolute Gasteiger partial charge is 0.497 e. The van der Waals surface area contributed by atoms with Gasteiger partial charge >= 0.3 is 0 Å². The molecule has 0 spiro atoms. The fourth-order valence-electron chi connectivity index (χ4n) is 1.98. The molecule has 0 radical (unpaired) electrons. The first-order chi connectivity index (χ1) is 11.2. The second kappa shape index (κ2) is 8.98. The Labute approximate surface area is 137 Å². The van der Waals surface area contributed by atoms with Gasteiger partial charge in [0.25, 0.3) is 0 Å². The molecule has 0 fully saturated rings. The second-order valence-electron chi connectivity index (χ2n) is 4.92. The molecule has 0 aliphatic rings. The number of methoxy groups -OCH3 is 2. The molecule has 0 aromatic heterocycles. The molecule has 2 aromatic rings. The minimum absolute atomic E-state index is 0.448. The van der Waals surface area contributed by atoms with Crippen molar-refractivity contribution < 1.29 is 18.9 Å². The Balaban J connectivity index is 1.80. The van der Waals surface area contributed by atoms with Gasteiger partial charge in [0, 0.05) is 0 Å². The van der Waals surface area contributed by atoms with Crippen LogP contribution in [0.3, 0.4) is 0 Å². The van der Waals surface area contributed by atoms with E-state index in [4.69, 9.17) is 18.9 Å². The van der Waals surface area contributed by atoms with Crippen LogP contribution in [-0.2, 0) is 22.7 Å². The summed E-state index contributed by atoms with van der Waals surface area (Å²) in [6.45, 7) is 4.65. The molecule has 23 heavy (non-hydrogen) atoms. The maximum Gasteiger partial charge on any atom is 0.177 e. The van der Waals surface area contributed by atoms with E-state index in [2.05, 4.69) is 6.58 Å². The van der Waals surface area contributed by atoms with Crippen LogP contribution in [-0.4, -0.2) is 20.5 Å². The van der Waals surface area contributed by atoms with Gasteiger partial charge in [-0.3, -0.25) is 0 Å². The lowest BCUT2D eigenvalue weighted by molar-refractivity contribution is -0.126. The molecule has 2 rings (SSSR count). The Morgan fingerprint density at radius 2 is 1.17 bits per heavy atom. The van der Waals surface area contributed by atoms with E-state index in [0.717, 1.165) is 22.6 Å². The predicted molar refractivity (Wildman–Crippen MR) is 89.6 cm³/mol. The first kappa shape index (κ1) is 17.1. The van der Waals surface area contributed by atoms with Crippen molar-refractivity contribution in [3.63, 3.8) is 0 Å². The van der Waals surface area contributed by atoms with E-state index in [1.165, 1.54) is 0 Å². The average Bonchev–Trinajstić information content (AvgIpc) is 2.62. The zero-order valence-electron chi connectivity index (χ0n) is 13.5. The fraction of sp³-hybridized carbons (Fsp3) is 0.263. The van der Waals surface area contributed by atoms with Crippen LogP contribution in [0, 0.1) is 0 Å². The lowest BCUT2D eigenvalue weighted by Crippen LogP contribution is -2.14. The van der Waals surface area contributed by atoms with Gasteiger partial charge in [0.15, 0.2) is 6.29 Å². The van der Waals surface area contributed by atoms with Crippen molar-refractivity contribution in [1.82, 2.24) is 0 Å². The van der Waals surface area contributed by atoms with Crippen LogP contribution >= 0.6 is 0 Å². The number of hydrogen-bond acceptors (Lipinski definition) is 4. The van der Waals surface area contributed by atoms with E-state index >= 15 is 0 Å².